The van der Waals surface area contributed by atoms with Crippen LogP contribution in [0.25, 0.3) is 0 Å². The predicted molar refractivity (Wildman–Crippen MR) is 87.9 cm³/mol. The number of nitrogens with one attached hydrogen (secondary N) is 3. The quantitative estimate of drug-likeness (QED) is 0.806. The normalized spacial score (nSPS) is 13.2. The van der Waals surface area contributed by atoms with E-state index in [1.54, 1.807) is 5.38 Å². The number of rotatable bonds is 4. The predicted octanol–water partition coefficient (Wildman–Crippen LogP) is 1.96. The molecule has 0 bridgehead atoms. The lowest BCUT2D eigenvalue weighted by molar-refractivity contribution is 0.0946. The van der Waals surface area contributed by atoms with Crippen LogP contribution in [0.15, 0.2) is 53.0 Å². The van der Waals surface area contributed by atoms with Crippen LogP contribution in [-0.2, 0) is 6.54 Å². The van der Waals surface area contributed by atoms with Gasteiger partial charge in [0.05, 0.1) is 0 Å². The van der Waals surface area contributed by atoms with Crippen molar-refractivity contribution in [1.82, 2.24) is 15.6 Å². The molecule has 0 atom stereocenters. The van der Waals surface area contributed by atoms with Gasteiger partial charge in [-0.3, -0.25) is 4.79 Å². The highest BCUT2D eigenvalue weighted by atomic mass is 32.1. The van der Waals surface area contributed by atoms with Gasteiger partial charge in [-0.2, -0.15) is 0 Å². The van der Waals surface area contributed by atoms with Crippen molar-refractivity contribution >= 4 is 28.2 Å². The van der Waals surface area contributed by atoms with Gasteiger partial charge in [-0.05, 0) is 11.6 Å². The molecule has 2 aromatic rings. The molecule has 1 aromatic heterocycles. The van der Waals surface area contributed by atoms with Crippen molar-refractivity contribution in [2.75, 3.05) is 12.0 Å². The van der Waals surface area contributed by atoms with Crippen LogP contribution in [0.2, 0.25) is 0 Å². The standard InChI is InChI=1S/C15H15N5OS/c21-14(17-8-11-4-2-1-3-5-11)12-9-22-15(19-12)20-13-6-7-16-10-18-13/h1-7,9,16H,8,10H2,(H,17,21)(H,18,19,20). The summed E-state index contributed by atoms with van der Waals surface area (Å²) in [4.78, 5) is 20.6. The van der Waals surface area contributed by atoms with Crippen molar-refractivity contribution in [1.29, 1.82) is 0 Å². The fourth-order valence-corrected chi connectivity index (χ4v) is 2.57. The number of carbonyl (C=O) groups is 1. The Kier molecular flexibility index (Phi) is 4.45. The average molecular weight is 313 g/mol. The zero-order valence-corrected chi connectivity index (χ0v) is 12.6. The zero-order chi connectivity index (χ0) is 15.2. The fourth-order valence-electron chi connectivity index (χ4n) is 1.87. The third-order valence-corrected chi connectivity index (χ3v) is 3.73. The Hall–Kier alpha value is -2.67. The van der Waals surface area contributed by atoms with Gasteiger partial charge in [0, 0.05) is 18.1 Å². The smallest absolute Gasteiger partial charge is 0.271 e. The van der Waals surface area contributed by atoms with Crippen molar-refractivity contribution in [3.05, 3.63) is 59.2 Å². The first-order valence-corrected chi connectivity index (χ1v) is 7.68. The molecule has 1 aromatic carbocycles. The molecular formula is C15H15N5OS. The second-order valence-corrected chi connectivity index (χ2v) is 5.43. The van der Waals surface area contributed by atoms with Crippen LogP contribution in [0, 0.1) is 0 Å². The van der Waals surface area contributed by atoms with Crippen LogP contribution in [0.4, 0.5) is 5.13 Å². The first-order chi connectivity index (χ1) is 10.8. The van der Waals surface area contributed by atoms with Crippen LogP contribution >= 0.6 is 11.3 Å². The number of aliphatic imine (C=N–C) groups is 1. The number of nitrogens with zero attached hydrogens (tertiary/aromatic N) is 2. The van der Waals surface area contributed by atoms with E-state index in [1.165, 1.54) is 11.3 Å². The molecule has 0 spiro atoms. The van der Waals surface area contributed by atoms with Crippen LogP contribution in [0.5, 0.6) is 0 Å². The molecule has 1 aliphatic heterocycles. The van der Waals surface area contributed by atoms with Crippen LogP contribution in [0.1, 0.15) is 16.1 Å². The molecule has 3 rings (SSSR count). The highest BCUT2D eigenvalue weighted by Gasteiger charge is 2.11. The minimum Gasteiger partial charge on any atom is -0.372 e. The van der Waals surface area contributed by atoms with Gasteiger partial charge in [-0.15, -0.1) is 11.3 Å². The lowest BCUT2D eigenvalue weighted by Gasteiger charge is -2.07. The number of thiazole rings is 1. The Balaban J connectivity index is 1.57. The molecule has 0 radical (unpaired) electrons. The topological polar surface area (TPSA) is 78.4 Å². The van der Waals surface area contributed by atoms with Crippen molar-refractivity contribution in [3.63, 3.8) is 0 Å². The molecule has 6 nitrogen and oxygen atoms in total. The van der Waals surface area contributed by atoms with E-state index in [9.17, 15) is 4.79 Å². The van der Waals surface area contributed by atoms with Crippen LogP contribution in [-0.4, -0.2) is 23.4 Å². The molecule has 0 unspecified atom stereocenters. The summed E-state index contributed by atoms with van der Waals surface area (Å²) in [5.74, 6) is 0.542. The Labute approximate surface area is 132 Å². The zero-order valence-electron chi connectivity index (χ0n) is 11.7. The molecule has 112 valence electrons. The van der Waals surface area contributed by atoms with E-state index >= 15 is 0 Å². The molecule has 2 heterocycles. The third kappa shape index (κ3) is 3.70. The minimum atomic E-state index is -0.184. The molecular weight excluding hydrogens is 298 g/mol. The van der Waals surface area contributed by atoms with Crippen LogP contribution < -0.4 is 16.0 Å². The Morgan fingerprint density at radius 3 is 2.95 bits per heavy atom. The van der Waals surface area contributed by atoms with Gasteiger partial charge in [0.25, 0.3) is 5.91 Å². The molecule has 1 amide bonds. The van der Waals surface area contributed by atoms with E-state index in [-0.39, 0.29) is 5.91 Å². The van der Waals surface area contributed by atoms with Gasteiger partial charge in [0.1, 0.15) is 18.2 Å². The van der Waals surface area contributed by atoms with Gasteiger partial charge in [-0.25, -0.2) is 9.98 Å². The summed E-state index contributed by atoms with van der Waals surface area (Å²) in [7, 11) is 0. The third-order valence-electron chi connectivity index (χ3n) is 2.97. The van der Waals surface area contributed by atoms with Gasteiger partial charge in [-0.1, -0.05) is 30.3 Å². The first-order valence-electron chi connectivity index (χ1n) is 6.80. The van der Waals surface area contributed by atoms with Gasteiger partial charge < -0.3 is 16.0 Å². The van der Waals surface area contributed by atoms with E-state index in [0.717, 1.165) is 11.4 Å². The Morgan fingerprint density at radius 1 is 1.32 bits per heavy atom. The first kappa shape index (κ1) is 14.3. The number of benzene rings is 1. The highest BCUT2D eigenvalue weighted by Crippen LogP contribution is 2.16. The van der Waals surface area contributed by atoms with Crippen molar-refractivity contribution in [2.45, 2.75) is 6.54 Å². The Morgan fingerprint density at radius 2 is 2.18 bits per heavy atom. The van der Waals surface area contributed by atoms with E-state index < -0.39 is 0 Å². The summed E-state index contributed by atoms with van der Waals surface area (Å²) in [5, 5.41) is 11.3. The highest BCUT2D eigenvalue weighted by molar-refractivity contribution is 7.14. The monoisotopic (exact) mass is 313 g/mol. The van der Waals surface area contributed by atoms with E-state index in [2.05, 4.69) is 25.9 Å². The number of carbonyl (C=O) groups excluding carboxylic acids is 1. The minimum absolute atomic E-state index is 0.184. The molecule has 22 heavy (non-hydrogen) atoms. The number of amides is 1. The maximum atomic E-state index is 12.1. The van der Waals surface area contributed by atoms with Crippen molar-refractivity contribution < 1.29 is 4.79 Å². The SMILES string of the molecule is O=C(NCc1ccccc1)c1csc(NC2=NCNC=C2)n1. The summed E-state index contributed by atoms with van der Waals surface area (Å²) in [6.45, 7) is 1.02. The molecule has 0 saturated carbocycles. The summed E-state index contributed by atoms with van der Waals surface area (Å²) in [6.07, 6.45) is 3.64. The molecule has 0 fully saturated rings. The number of anilines is 1. The maximum absolute atomic E-state index is 12.1. The molecule has 3 N–H and O–H groups in total. The second kappa shape index (κ2) is 6.86. The van der Waals surface area contributed by atoms with Crippen molar-refractivity contribution in [2.24, 2.45) is 4.99 Å². The lowest BCUT2D eigenvalue weighted by atomic mass is 10.2. The van der Waals surface area contributed by atoms with Gasteiger partial charge >= 0.3 is 0 Å². The van der Waals surface area contributed by atoms with E-state index in [1.807, 2.05) is 42.6 Å². The molecule has 0 saturated heterocycles. The largest absolute Gasteiger partial charge is 0.372 e. The fraction of sp³-hybridized carbons (Fsp3) is 0.133. The summed E-state index contributed by atoms with van der Waals surface area (Å²) in [5.41, 5.74) is 1.46. The number of hydrogen-bond acceptors (Lipinski definition) is 6. The molecule has 7 heteroatoms. The average Bonchev–Trinajstić information content (AvgIpc) is 3.03. The number of amidine groups is 1. The van der Waals surface area contributed by atoms with Gasteiger partial charge in [0.2, 0.25) is 0 Å². The van der Waals surface area contributed by atoms with E-state index in [0.29, 0.717) is 24.0 Å². The van der Waals surface area contributed by atoms with E-state index in [4.69, 9.17) is 0 Å². The summed E-state index contributed by atoms with van der Waals surface area (Å²) in [6, 6.07) is 9.77. The lowest BCUT2D eigenvalue weighted by Crippen LogP contribution is -2.23. The van der Waals surface area contributed by atoms with Crippen molar-refractivity contribution in [3.8, 4) is 0 Å². The molecule has 1 aliphatic rings. The number of aromatic nitrogens is 1. The van der Waals surface area contributed by atoms with Gasteiger partial charge in [0.15, 0.2) is 5.13 Å². The van der Waals surface area contributed by atoms with Crippen LogP contribution in [0.3, 0.4) is 0 Å². The Bertz CT molecular complexity index is 708. The maximum Gasteiger partial charge on any atom is 0.271 e. The second-order valence-electron chi connectivity index (χ2n) is 4.57. The summed E-state index contributed by atoms with van der Waals surface area (Å²) >= 11 is 1.38. The molecule has 0 aliphatic carbocycles. The number of hydrogen-bond donors (Lipinski definition) is 3. The summed E-state index contributed by atoms with van der Waals surface area (Å²) < 4.78 is 0.